The summed E-state index contributed by atoms with van der Waals surface area (Å²) in [4.78, 5) is 0. The maximum absolute atomic E-state index is 12.2. The van der Waals surface area contributed by atoms with E-state index in [4.69, 9.17) is 5.73 Å². The normalized spacial score (nSPS) is 18.6. The molecule has 0 aliphatic heterocycles. The molecule has 19 heavy (non-hydrogen) atoms. The second-order valence-electron chi connectivity index (χ2n) is 4.84. The van der Waals surface area contributed by atoms with E-state index in [-0.39, 0.29) is 11.8 Å². The molecule has 1 aliphatic carbocycles. The first-order chi connectivity index (χ1) is 8.85. The Kier molecular flexibility index (Phi) is 4.40. The van der Waals surface area contributed by atoms with Gasteiger partial charge in [-0.1, -0.05) is 28.8 Å². The van der Waals surface area contributed by atoms with E-state index in [1.807, 2.05) is 0 Å². The summed E-state index contributed by atoms with van der Waals surface area (Å²) in [6, 6.07) is 4.18. The molecule has 2 rings (SSSR count). The van der Waals surface area contributed by atoms with Crippen molar-refractivity contribution in [3.8, 4) is 5.75 Å². The third-order valence-corrected chi connectivity index (χ3v) is 3.88. The predicted octanol–water partition coefficient (Wildman–Crippen LogP) is 4.54. The van der Waals surface area contributed by atoms with Crippen molar-refractivity contribution in [2.24, 2.45) is 11.7 Å². The van der Waals surface area contributed by atoms with Gasteiger partial charge >= 0.3 is 6.36 Å². The molecule has 106 valence electrons. The molecule has 0 radical (unpaired) electrons. The minimum atomic E-state index is -4.69. The van der Waals surface area contributed by atoms with Crippen LogP contribution < -0.4 is 10.5 Å². The number of hydrogen-bond donors (Lipinski definition) is 1. The molecule has 1 saturated carbocycles. The lowest BCUT2D eigenvalue weighted by atomic mass is 9.92. The molecule has 0 bridgehead atoms. The SMILES string of the molecule is N[C@H](c1cc(Br)cc(OC(F)(F)F)c1)C1CCCC1. The Morgan fingerprint density at radius 2 is 1.84 bits per heavy atom. The third kappa shape index (κ3) is 4.11. The number of alkyl halides is 3. The molecule has 1 atom stereocenters. The quantitative estimate of drug-likeness (QED) is 0.878. The van der Waals surface area contributed by atoms with Crippen LogP contribution in [0.5, 0.6) is 5.75 Å². The zero-order chi connectivity index (χ0) is 14.0. The Hall–Kier alpha value is -0.750. The van der Waals surface area contributed by atoms with Crippen LogP contribution in [0, 0.1) is 5.92 Å². The van der Waals surface area contributed by atoms with E-state index >= 15 is 0 Å². The average Bonchev–Trinajstić information content (AvgIpc) is 2.77. The Labute approximate surface area is 118 Å². The molecular formula is C13H15BrF3NO. The Morgan fingerprint density at radius 3 is 2.42 bits per heavy atom. The smallest absolute Gasteiger partial charge is 0.406 e. The molecule has 0 heterocycles. The highest BCUT2D eigenvalue weighted by molar-refractivity contribution is 9.10. The van der Waals surface area contributed by atoms with Gasteiger partial charge in [0.05, 0.1) is 0 Å². The van der Waals surface area contributed by atoms with Gasteiger partial charge < -0.3 is 10.5 Å². The van der Waals surface area contributed by atoms with E-state index in [1.54, 1.807) is 6.07 Å². The monoisotopic (exact) mass is 337 g/mol. The molecule has 1 fully saturated rings. The number of ether oxygens (including phenoxy) is 1. The van der Waals surface area contributed by atoms with Crippen LogP contribution in [0.3, 0.4) is 0 Å². The minimum Gasteiger partial charge on any atom is -0.406 e. The van der Waals surface area contributed by atoms with Crippen molar-refractivity contribution in [2.75, 3.05) is 0 Å². The fourth-order valence-corrected chi connectivity index (χ4v) is 3.05. The maximum Gasteiger partial charge on any atom is 0.573 e. The molecule has 1 aromatic rings. The van der Waals surface area contributed by atoms with Gasteiger partial charge in [-0.05, 0) is 42.5 Å². The van der Waals surface area contributed by atoms with E-state index < -0.39 is 6.36 Å². The molecule has 0 aromatic heterocycles. The molecule has 6 heteroatoms. The molecule has 1 aromatic carbocycles. The topological polar surface area (TPSA) is 35.2 Å². The van der Waals surface area contributed by atoms with Gasteiger partial charge in [-0.3, -0.25) is 0 Å². The van der Waals surface area contributed by atoms with Gasteiger partial charge in [-0.15, -0.1) is 13.2 Å². The lowest BCUT2D eigenvalue weighted by Crippen LogP contribution is -2.20. The summed E-state index contributed by atoms with van der Waals surface area (Å²) in [5, 5.41) is 0. The van der Waals surface area contributed by atoms with Gasteiger partial charge in [0.25, 0.3) is 0 Å². The Bertz CT molecular complexity index is 444. The first kappa shape index (κ1) is 14.7. The largest absolute Gasteiger partial charge is 0.573 e. The summed E-state index contributed by atoms with van der Waals surface area (Å²) in [5.74, 6) is 0.110. The molecule has 2 nitrogen and oxygen atoms in total. The van der Waals surface area contributed by atoms with E-state index in [2.05, 4.69) is 20.7 Å². The van der Waals surface area contributed by atoms with Crippen LogP contribution in [0.2, 0.25) is 0 Å². The molecule has 0 spiro atoms. The fourth-order valence-electron chi connectivity index (χ4n) is 2.56. The van der Waals surface area contributed by atoms with Crippen LogP contribution in [0.1, 0.15) is 37.3 Å². The van der Waals surface area contributed by atoms with Gasteiger partial charge in [-0.2, -0.15) is 0 Å². The predicted molar refractivity (Wildman–Crippen MR) is 69.7 cm³/mol. The number of benzene rings is 1. The van der Waals surface area contributed by atoms with Gasteiger partial charge in [0.15, 0.2) is 0 Å². The molecule has 2 N–H and O–H groups in total. The van der Waals surface area contributed by atoms with E-state index in [0.29, 0.717) is 16.0 Å². The van der Waals surface area contributed by atoms with Crippen LogP contribution in [0.25, 0.3) is 0 Å². The van der Waals surface area contributed by atoms with Gasteiger partial charge in [0, 0.05) is 10.5 Å². The summed E-state index contributed by atoms with van der Waals surface area (Å²) < 4.78 is 41.2. The highest BCUT2D eigenvalue weighted by Gasteiger charge is 2.32. The summed E-state index contributed by atoms with van der Waals surface area (Å²) in [6.45, 7) is 0. The third-order valence-electron chi connectivity index (χ3n) is 3.42. The maximum atomic E-state index is 12.2. The highest BCUT2D eigenvalue weighted by atomic mass is 79.9. The first-order valence-electron chi connectivity index (χ1n) is 6.17. The van der Waals surface area contributed by atoms with Gasteiger partial charge in [0.1, 0.15) is 5.75 Å². The lowest BCUT2D eigenvalue weighted by Gasteiger charge is -2.20. The van der Waals surface area contributed by atoms with Crippen molar-refractivity contribution in [1.82, 2.24) is 0 Å². The van der Waals surface area contributed by atoms with Crippen molar-refractivity contribution >= 4 is 15.9 Å². The molecule has 0 unspecified atom stereocenters. The first-order valence-corrected chi connectivity index (χ1v) is 6.96. The number of nitrogens with two attached hydrogens (primary N) is 1. The van der Waals surface area contributed by atoms with E-state index in [0.717, 1.165) is 25.7 Å². The average molecular weight is 338 g/mol. The number of hydrogen-bond acceptors (Lipinski definition) is 2. The van der Waals surface area contributed by atoms with E-state index in [9.17, 15) is 13.2 Å². The summed E-state index contributed by atoms with van der Waals surface area (Å²) in [7, 11) is 0. The van der Waals surface area contributed by atoms with Crippen LogP contribution in [0.4, 0.5) is 13.2 Å². The second-order valence-corrected chi connectivity index (χ2v) is 5.75. The second kappa shape index (κ2) is 5.71. The molecule has 0 saturated heterocycles. The summed E-state index contributed by atoms with van der Waals surface area (Å²) in [6.07, 6.45) is -0.349. The van der Waals surface area contributed by atoms with Crippen molar-refractivity contribution in [1.29, 1.82) is 0 Å². The van der Waals surface area contributed by atoms with Gasteiger partial charge in [0.2, 0.25) is 0 Å². The van der Waals surface area contributed by atoms with Crippen LogP contribution in [-0.4, -0.2) is 6.36 Å². The highest BCUT2D eigenvalue weighted by Crippen LogP contribution is 2.37. The molecule has 0 amide bonds. The zero-order valence-corrected chi connectivity index (χ0v) is 11.8. The van der Waals surface area contributed by atoms with E-state index in [1.165, 1.54) is 12.1 Å². The zero-order valence-electron chi connectivity index (χ0n) is 10.2. The van der Waals surface area contributed by atoms with Crippen molar-refractivity contribution in [2.45, 2.75) is 38.1 Å². The minimum absolute atomic E-state index is 0.231. The van der Waals surface area contributed by atoms with Crippen LogP contribution >= 0.6 is 15.9 Å². The standard InChI is InChI=1S/C13H15BrF3NO/c14-10-5-9(12(18)8-3-1-2-4-8)6-11(7-10)19-13(15,16)17/h5-8,12H,1-4,18H2/t12-/m0/s1. The number of rotatable bonds is 3. The molecular weight excluding hydrogens is 323 g/mol. The Balaban J connectivity index is 2.20. The van der Waals surface area contributed by atoms with Crippen LogP contribution in [-0.2, 0) is 0 Å². The number of halogens is 4. The molecule has 1 aliphatic rings. The summed E-state index contributed by atoms with van der Waals surface area (Å²) >= 11 is 3.19. The fraction of sp³-hybridized carbons (Fsp3) is 0.538. The van der Waals surface area contributed by atoms with Crippen molar-refractivity contribution in [3.63, 3.8) is 0 Å². The lowest BCUT2D eigenvalue weighted by molar-refractivity contribution is -0.274. The van der Waals surface area contributed by atoms with Crippen molar-refractivity contribution < 1.29 is 17.9 Å². The summed E-state index contributed by atoms with van der Waals surface area (Å²) in [5.41, 5.74) is 6.83. The van der Waals surface area contributed by atoms with Crippen LogP contribution in [0.15, 0.2) is 22.7 Å². The van der Waals surface area contributed by atoms with Crippen molar-refractivity contribution in [3.05, 3.63) is 28.2 Å². The van der Waals surface area contributed by atoms with Gasteiger partial charge in [-0.25, -0.2) is 0 Å². The Morgan fingerprint density at radius 1 is 1.21 bits per heavy atom.